The van der Waals surface area contributed by atoms with Gasteiger partial charge in [0.05, 0.1) is 18.9 Å². The summed E-state index contributed by atoms with van der Waals surface area (Å²) in [5.74, 6) is 1.46. The molecule has 104 valence electrons. The van der Waals surface area contributed by atoms with Crippen LogP contribution in [0.25, 0.3) is 6.08 Å². The lowest BCUT2D eigenvalue weighted by atomic mass is 10.1. The van der Waals surface area contributed by atoms with Crippen molar-refractivity contribution in [1.82, 2.24) is 0 Å². The number of ketones is 1. The molecule has 0 aliphatic rings. The number of furan rings is 1. The second-order valence-corrected chi connectivity index (χ2v) is 4.78. The zero-order valence-corrected chi connectivity index (χ0v) is 12.2. The van der Waals surface area contributed by atoms with Crippen molar-refractivity contribution < 1.29 is 13.9 Å². The van der Waals surface area contributed by atoms with E-state index in [2.05, 4.69) is 0 Å². The standard InChI is InChI=1S/C17H18O3/c1-11-9-14(6-8-16(11)19-4)5-7-15(18)17-12(2)10-20-13(17)3/h5-10H,1-4H3/b7-5+. The summed E-state index contributed by atoms with van der Waals surface area (Å²) in [6.07, 6.45) is 4.99. The van der Waals surface area contributed by atoms with Crippen LogP contribution in [0.15, 0.2) is 35.0 Å². The summed E-state index contributed by atoms with van der Waals surface area (Å²) < 4.78 is 10.5. The van der Waals surface area contributed by atoms with E-state index in [1.807, 2.05) is 32.0 Å². The van der Waals surface area contributed by atoms with Crippen LogP contribution in [-0.4, -0.2) is 12.9 Å². The number of ether oxygens (including phenoxy) is 1. The van der Waals surface area contributed by atoms with Crippen molar-refractivity contribution in [2.24, 2.45) is 0 Å². The average molecular weight is 270 g/mol. The number of carbonyl (C=O) groups is 1. The third-order valence-corrected chi connectivity index (χ3v) is 3.25. The third-order valence-electron chi connectivity index (χ3n) is 3.25. The van der Waals surface area contributed by atoms with Crippen molar-refractivity contribution in [2.75, 3.05) is 7.11 Å². The fourth-order valence-electron chi connectivity index (χ4n) is 2.20. The van der Waals surface area contributed by atoms with Gasteiger partial charge in [-0.1, -0.05) is 12.1 Å². The van der Waals surface area contributed by atoms with Crippen molar-refractivity contribution in [2.45, 2.75) is 20.8 Å². The van der Waals surface area contributed by atoms with Gasteiger partial charge < -0.3 is 9.15 Å². The lowest BCUT2D eigenvalue weighted by Gasteiger charge is -2.04. The predicted molar refractivity (Wildman–Crippen MR) is 79.3 cm³/mol. The topological polar surface area (TPSA) is 39.4 Å². The molecule has 20 heavy (non-hydrogen) atoms. The molecule has 0 fully saturated rings. The van der Waals surface area contributed by atoms with Gasteiger partial charge in [-0.3, -0.25) is 4.79 Å². The molecule has 2 rings (SSSR count). The third kappa shape index (κ3) is 2.82. The fraction of sp³-hybridized carbons (Fsp3) is 0.235. The number of aryl methyl sites for hydroxylation is 3. The van der Waals surface area contributed by atoms with Crippen LogP contribution in [0.3, 0.4) is 0 Å². The second-order valence-electron chi connectivity index (χ2n) is 4.78. The molecule has 3 heteroatoms. The SMILES string of the molecule is COc1ccc(/C=C/C(=O)c2c(C)coc2C)cc1C. The first-order valence-electron chi connectivity index (χ1n) is 6.44. The van der Waals surface area contributed by atoms with Gasteiger partial charge in [0.15, 0.2) is 5.78 Å². The molecule has 0 aliphatic carbocycles. The Bertz CT molecular complexity index is 643. The van der Waals surface area contributed by atoms with Gasteiger partial charge >= 0.3 is 0 Å². The van der Waals surface area contributed by atoms with Crippen LogP contribution in [0.1, 0.15) is 32.8 Å². The Labute approximate surface area is 118 Å². The van der Waals surface area contributed by atoms with Gasteiger partial charge in [0, 0.05) is 0 Å². The van der Waals surface area contributed by atoms with Gasteiger partial charge in [-0.2, -0.15) is 0 Å². The molecular weight excluding hydrogens is 252 g/mol. The Kier molecular flexibility index (Phi) is 4.08. The summed E-state index contributed by atoms with van der Waals surface area (Å²) in [4.78, 5) is 12.2. The van der Waals surface area contributed by atoms with E-state index in [0.717, 1.165) is 22.4 Å². The molecule has 0 bridgehead atoms. The molecular formula is C17H18O3. The first-order chi connectivity index (χ1) is 9.52. The molecule has 0 amide bonds. The van der Waals surface area contributed by atoms with E-state index in [1.165, 1.54) is 0 Å². The Morgan fingerprint density at radius 2 is 1.95 bits per heavy atom. The molecule has 0 N–H and O–H groups in total. The molecule has 3 nitrogen and oxygen atoms in total. The highest BCUT2D eigenvalue weighted by Crippen LogP contribution is 2.20. The molecule has 0 unspecified atom stereocenters. The molecule has 0 atom stereocenters. The Morgan fingerprint density at radius 1 is 1.20 bits per heavy atom. The quantitative estimate of drug-likeness (QED) is 0.620. The van der Waals surface area contributed by atoms with Crippen molar-refractivity contribution in [3.8, 4) is 5.75 Å². The van der Waals surface area contributed by atoms with E-state index >= 15 is 0 Å². The van der Waals surface area contributed by atoms with Gasteiger partial charge in [0.2, 0.25) is 0 Å². The maximum atomic E-state index is 12.2. The highest BCUT2D eigenvalue weighted by atomic mass is 16.5. The predicted octanol–water partition coefficient (Wildman–Crippen LogP) is 4.11. The van der Waals surface area contributed by atoms with Crippen molar-refractivity contribution in [1.29, 1.82) is 0 Å². The first kappa shape index (κ1) is 14.1. The van der Waals surface area contributed by atoms with Gasteiger partial charge in [0.25, 0.3) is 0 Å². The van der Waals surface area contributed by atoms with Crippen LogP contribution in [0.2, 0.25) is 0 Å². The van der Waals surface area contributed by atoms with Crippen LogP contribution in [0.4, 0.5) is 0 Å². The molecule has 0 saturated carbocycles. The largest absolute Gasteiger partial charge is 0.496 e. The summed E-state index contributed by atoms with van der Waals surface area (Å²) in [5, 5.41) is 0. The molecule has 0 spiro atoms. The van der Waals surface area contributed by atoms with E-state index in [9.17, 15) is 4.79 Å². The lowest BCUT2D eigenvalue weighted by Crippen LogP contribution is -1.96. The number of methoxy groups -OCH3 is 1. The van der Waals surface area contributed by atoms with Crippen LogP contribution < -0.4 is 4.74 Å². The minimum atomic E-state index is -0.0396. The van der Waals surface area contributed by atoms with Crippen LogP contribution in [0, 0.1) is 20.8 Å². The minimum Gasteiger partial charge on any atom is -0.496 e. The molecule has 1 heterocycles. The molecule has 1 aromatic carbocycles. The number of hydrogen-bond acceptors (Lipinski definition) is 3. The van der Waals surface area contributed by atoms with E-state index < -0.39 is 0 Å². The second kappa shape index (κ2) is 5.78. The minimum absolute atomic E-state index is 0.0396. The monoisotopic (exact) mass is 270 g/mol. The normalized spacial score (nSPS) is 11.0. The van der Waals surface area contributed by atoms with Gasteiger partial charge in [-0.05, 0) is 55.7 Å². The summed E-state index contributed by atoms with van der Waals surface area (Å²) in [6, 6.07) is 5.80. The highest BCUT2D eigenvalue weighted by Gasteiger charge is 2.12. The van der Waals surface area contributed by atoms with Gasteiger partial charge in [0.1, 0.15) is 11.5 Å². The highest BCUT2D eigenvalue weighted by molar-refractivity contribution is 6.08. The van der Waals surface area contributed by atoms with Crippen LogP contribution in [-0.2, 0) is 0 Å². The summed E-state index contributed by atoms with van der Waals surface area (Å²) in [6.45, 7) is 5.64. The van der Waals surface area contributed by atoms with E-state index in [4.69, 9.17) is 9.15 Å². The number of rotatable bonds is 4. The molecule has 2 aromatic rings. The zero-order valence-electron chi connectivity index (χ0n) is 12.2. The van der Waals surface area contributed by atoms with Gasteiger partial charge in [-0.15, -0.1) is 0 Å². The maximum absolute atomic E-state index is 12.2. The Balaban J connectivity index is 2.21. The number of benzene rings is 1. The average Bonchev–Trinajstić information content (AvgIpc) is 2.76. The summed E-state index contributed by atoms with van der Waals surface area (Å²) in [7, 11) is 1.64. The Hall–Kier alpha value is -2.29. The zero-order chi connectivity index (χ0) is 14.7. The maximum Gasteiger partial charge on any atom is 0.189 e. The number of allylic oxidation sites excluding steroid dienone is 1. The summed E-state index contributed by atoms with van der Waals surface area (Å²) >= 11 is 0. The Morgan fingerprint density at radius 3 is 2.50 bits per heavy atom. The van der Waals surface area contributed by atoms with Gasteiger partial charge in [-0.25, -0.2) is 0 Å². The summed E-state index contributed by atoms with van der Waals surface area (Å²) in [5.41, 5.74) is 3.52. The number of hydrogen-bond donors (Lipinski definition) is 0. The fourth-order valence-corrected chi connectivity index (χ4v) is 2.20. The molecule has 0 aliphatic heterocycles. The molecule has 0 radical (unpaired) electrons. The van der Waals surface area contributed by atoms with Crippen molar-refractivity contribution in [3.63, 3.8) is 0 Å². The lowest BCUT2D eigenvalue weighted by molar-refractivity contribution is 0.104. The van der Waals surface area contributed by atoms with E-state index in [0.29, 0.717) is 11.3 Å². The van der Waals surface area contributed by atoms with E-state index in [1.54, 1.807) is 32.4 Å². The first-order valence-corrected chi connectivity index (χ1v) is 6.44. The number of carbonyl (C=O) groups excluding carboxylic acids is 1. The van der Waals surface area contributed by atoms with Crippen molar-refractivity contribution in [3.05, 3.63) is 58.6 Å². The molecule has 1 aromatic heterocycles. The smallest absolute Gasteiger partial charge is 0.189 e. The van der Waals surface area contributed by atoms with E-state index in [-0.39, 0.29) is 5.78 Å². The molecule has 0 saturated heterocycles. The van der Waals surface area contributed by atoms with Crippen LogP contribution in [0.5, 0.6) is 5.75 Å². The van der Waals surface area contributed by atoms with Crippen molar-refractivity contribution >= 4 is 11.9 Å². The van der Waals surface area contributed by atoms with Crippen LogP contribution >= 0.6 is 0 Å².